The summed E-state index contributed by atoms with van der Waals surface area (Å²) in [4.78, 5) is 15.9. The first-order valence-corrected chi connectivity index (χ1v) is 8.01. The Kier molecular flexibility index (Phi) is 4.91. The van der Waals surface area contributed by atoms with Gasteiger partial charge in [0.05, 0.1) is 24.1 Å². The fourth-order valence-corrected chi connectivity index (χ4v) is 2.70. The Morgan fingerprint density at radius 1 is 1.20 bits per heavy atom. The molecule has 0 aliphatic heterocycles. The van der Waals surface area contributed by atoms with E-state index in [4.69, 9.17) is 27.7 Å². The van der Waals surface area contributed by atoms with Gasteiger partial charge < -0.3 is 15.2 Å². The number of urea groups is 1. The van der Waals surface area contributed by atoms with Gasteiger partial charge in [-0.05, 0) is 26.0 Å². The summed E-state index contributed by atoms with van der Waals surface area (Å²) >= 11 is 11.6. The lowest BCUT2D eigenvalue weighted by Crippen LogP contribution is -2.19. The minimum Gasteiger partial charge on any atom is -0.361 e. The molecule has 2 N–H and O–H groups in total. The summed E-state index contributed by atoms with van der Waals surface area (Å²) < 4.78 is 6.81. The van der Waals surface area contributed by atoms with Crippen LogP contribution in [0, 0.1) is 13.8 Å². The van der Waals surface area contributed by atoms with Crippen molar-refractivity contribution in [2.45, 2.75) is 20.4 Å². The van der Waals surface area contributed by atoms with E-state index >= 15 is 0 Å². The first-order chi connectivity index (χ1) is 11.9. The maximum Gasteiger partial charge on any atom is 0.323 e. The Labute approximate surface area is 153 Å². The molecule has 0 atom stereocenters. The molecular weight excluding hydrogens is 367 g/mol. The van der Waals surface area contributed by atoms with Crippen LogP contribution in [0.2, 0.25) is 10.3 Å². The molecule has 25 heavy (non-hydrogen) atoms. The molecule has 0 fully saturated rings. The molecule has 2 amide bonds. The summed E-state index contributed by atoms with van der Waals surface area (Å²) in [6.45, 7) is 4.21. The van der Waals surface area contributed by atoms with Crippen LogP contribution in [0.4, 0.5) is 16.2 Å². The standard InChI is InChI=1S/C15H14Cl2N6O2/c1-8-12(9(2)25-22-8)7-23-6-11(5-18-23)20-15(24)19-10-3-13(16)21-14(17)4-10/h3-6H,7H2,1-2H3,(H2,19,20,21,24). The molecule has 0 bridgehead atoms. The van der Waals surface area contributed by atoms with E-state index in [1.54, 1.807) is 17.1 Å². The van der Waals surface area contributed by atoms with Gasteiger partial charge in [-0.2, -0.15) is 5.10 Å². The predicted octanol–water partition coefficient (Wildman–Crippen LogP) is 3.88. The van der Waals surface area contributed by atoms with E-state index in [0.717, 1.165) is 17.0 Å². The van der Waals surface area contributed by atoms with Crippen LogP contribution in [0.15, 0.2) is 29.0 Å². The number of pyridine rings is 1. The lowest BCUT2D eigenvalue weighted by molar-refractivity contribution is 0.262. The summed E-state index contributed by atoms with van der Waals surface area (Å²) in [6.07, 6.45) is 3.25. The number of nitrogens with zero attached hydrogens (tertiary/aromatic N) is 4. The third-order valence-corrected chi connectivity index (χ3v) is 3.80. The number of hydrogen-bond donors (Lipinski definition) is 2. The van der Waals surface area contributed by atoms with Crippen molar-refractivity contribution in [3.63, 3.8) is 0 Å². The van der Waals surface area contributed by atoms with E-state index in [1.807, 2.05) is 13.8 Å². The number of hydrogen-bond acceptors (Lipinski definition) is 5. The van der Waals surface area contributed by atoms with Crippen LogP contribution in [-0.2, 0) is 6.54 Å². The van der Waals surface area contributed by atoms with Crippen LogP contribution in [-0.4, -0.2) is 26.0 Å². The Balaban J connectivity index is 1.64. The number of aryl methyl sites for hydroxylation is 2. The topological polar surface area (TPSA) is 97.9 Å². The molecule has 8 nitrogen and oxygen atoms in total. The number of carbonyl (C=O) groups is 1. The fraction of sp³-hybridized carbons (Fsp3) is 0.200. The highest BCUT2D eigenvalue weighted by molar-refractivity contribution is 6.33. The zero-order chi connectivity index (χ0) is 18.0. The Morgan fingerprint density at radius 2 is 1.88 bits per heavy atom. The molecule has 0 saturated heterocycles. The third-order valence-electron chi connectivity index (χ3n) is 3.41. The van der Waals surface area contributed by atoms with Gasteiger partial charge in [0.15, 0.2) is 0 Å². The molecule has 0 radical (unpaired) electrons. The van der Waals surface area contributed by atoms with Gasteiger partial charge in [0.2, 0.25) is 0 Å². The first-order valence-electron chi connectivity index (χ1n) is 7.26. The quantitative estimate of drug-likeness (QED) is 0.669. The van der Waals surface area contributed by atoms with Crippen LogP contribution in [0.5, 0.6) is 0 Å². The largest absolute Gasteiger partial charge is 0.361 e. The maximum atomic E-state index is 12.0. The van der Waals surface area contributed by atoms with Crippen molar-refractivity contribution < 1.29 is 9.32 Å². The number of rotatable bonds is 4. The van der Waals surface area contributed by atoms with E-state index in [0.29, 0.717) is 17.9 Å². The predicted molar refractivity (Wildman–Crippen MR) is 94.2 cm³/mol. The molecular formula is C15H14Cl2N6O2. The van der Waals surface area contributed by atoms with Gasteiger partial charge in [-0.25, -0.2) is 9.78 Å². The van der Waals surface area contributed by atoms with Crippen molar-refractivity contribution in [2.24, 2.45) is 0 Å². The van der Waals surface area contributed by atoms with Gasteiger partial charge in [0.25, 0.3) is 0 Å². The summed E-state index contributed by atoms with van der Waals surface area (Å²) in [6, 6.07) is 2.54. The summed E-state index contributed by atoms with van der Waals surface area (Å²) in [5.41, 5.74) is 2.74. The number of anilines is 2. The molecule has 10 heteroatoms. The molecule has 3 aromatic rings. The molecule has 0 aromatic carbocycles. The van der Waals surface area contributed by atoms with Crippen molar-refractivity contribution in [1.82, 2.24) is 19.9 Å². The highest BCUT2D eigenvalue weighted by Crippen LogP contribution is 2.19. The average Bonchev–Trinajstić information content (AvgIpc) is 3.07. The molecule has 0 aliphatic carbocycles. The second-order valence-corrected chi connectivity index (χ2v) is 6.08. The van der Waals surface area contributed by atoms with Crippen LogP contribution in [0.1, 0.15) is 17.0 Å². The summed E-state index contributed by atoms with van der Waals surface area (Å²) in [5.74, 6) is 0.742. The van der Waals surface area contributed by atoms with Crippen LogP contribution >= 0.6 is 23.2 Å². The molecule has 0 aliphatic rings. The molecule has 130 valence electrons. The van der Waals surface area contributed by atoms with Crippen molar-refractivity contribution >= 4 is 40.6 Å². The van der Waals surface area contributed by atoms with E-state index in [1.165, 1.54) is 12.1 Å². The molecule has 3 heterocycles. The lowest BCUT2D eigenvalue weighted by Gasteiger charge is -2.06. The summed E-state index contributed by atoms with van der Waals surface area (Å²) in [5, 5.41) is 13.8. The van der Waals surface area contributed by atoms with Crippen molar-refractivity contribution in [2.75, 3.05) is 10.6 Å². The van der Waals surface area contributed by atoms with E-state index in [-0.39, 0.29) is 10.3 Å². The number of amides is 2. The van der Waals surface area contributed by atoms with E-state index < -0.39 is 6.03 Å². The average molecular weight is 381 g/mol. The van der Waals surface area contributed by atoms with E-state index in [9.17, 15) is 4.79 Å². The van der Waals surface area contributed by atoms with Crippen LogP contribution < -0.4 is 10.6 Å². The number of halogens is 2. The third kappa shape index (κ3) is 4.28. The van der Waals surface area contributed by atoms with E-state index in [2.05, 4.69) is 25.9 Å². The monoisotopic (exact) mass is 380 g/mol. The number of carbonyl (C=O) groups excluding carboxylic acids is 1. The minimum absolute atomic E-state index is 0.190. The van der Waals surface area contributed by atoms with Crippen molar-refractivity contribution in [3.05, 3.63) is 51.9 Å². The Bertz CT molecular complexity index is 881. The van der Waals surface area contributed by atoms with Crippen LogP contribution in [0.3, 0.4) is 0 Å². The SMILES string of the molecule is Cc1noc(C)c1Cn1cc(NC(=O)Nc2cc(Cl)nc(Cl)c2)cn1. The van der Waals surface area contributed by atoms with Gasteiger partial charge in [0, 0.05) is 17.4 Å². The highest BCUT2D eigenvalue weighted by atomic mass is 35.5. The molecule has 0 spiro atoms. The minimum atomic E-state index is -0.449. The van der Waals surface area contributed by atoms with Gasteiger partial charge in [-0.15, -0.1) is 0 Å². The van der Waals surface area contributed by atoms with Crippen LogP contribution in [0.25, 0.3) is 0 Å². The Hall–Kier alpha value is -2.58. The molecule has 0 unspecified atom stereocenters. The maximum absolute atomic E-state index is 12.0. The molecule has 3 aromatic heterocycles. The molecule has 3 rings (SSSR count). The van der Waals surface area contributed by atoms with Gasteiger partial charge >= 0.3 is 6.03 Å². The van der Waals surface area contributed by atoms with Crippen molar-refractivity contribution in [3.8, 4) is 0 Å². The number of nitrogens with one attached hydrogen (secondary N) is 2. The van der Waals surface area contributed by atoms with Crippen molar-refractivity contribution in [1.29, 1.82) is 0 Å². The smallest absolute Gasteiger partial charge is 0.323 e. The molecule has 0 saturated carbocycles. The fourth-order valence-electron chi connectivity index (χ4n) is 2.23. The highest BCUT2D eigenvalue weighted by Gasteiger charge is 2.11. The second-order valence-electron chi connectivity index (χ2n) is 5.31. The van der Waals surface area contributed by atoms with Gasteiger partial charge in [-0.3, -0.25) is 4.68 Å². The normalized spacial score (nSPS) is 10.7. The second kappa shape index (κ2) is 7.12. The Morgan fingerprint density at radius 3 is 2.52 bits per heavy atom. The van der Waals surface area contributed by atoms with Gasteiger partial charge in [0.1, 0.15) is 16.1 Å². The number of aromatic nitrogens is 4. The summed E-state index contributed by atoms with van der Waals surface area (Å²) in [7, 11) is 0. The zero-order valence-corrected chi connectivity index (χ0v) is 14.9. The zero-order valence-electron chi connectivity index (χ0n) is 13.4. The lowest BCUT2D eigenvalue weighted by atomic mass is 10.2. The first kappa shape index (κ1) is 17.2. The van der Waals surface area contributed by atoms with Gasteiger partial charge in [-0.1, -0.05) is 28.4 Å².